The Morgan fingerprint density at radius 1 is 1.75 bits per heavy atom. The second kappa shape index (κ2) is 9.06. The summed E-state index contributed by atoms with van der Waals surface area (Å²) in [5.41, 5.74) is 0. The SMILES string of the molecule is O=PO.[Hf]. The van der Waals surface area contributed by atoms with Crippen molar-refractivity contribution in [3.8, 4) is 0 Å². The third-order valence-electron chi connectivity index (χ3n) is 0. The van der Waals surface area contributed by atoms with Gasteiger partial charge >= 0.3 is 8.69 Å². The summed E-state index contributed by atoms with van der Waals surface area (Å²) in [5.74, 6) is 0. The molecule has 0 aromatic carbocycles. The van der Waals surface area contributed by atoms with Gasteiger partial charge in [-0.25, -0.2) is 4.57 Å². The number of hydrogen-bond acceptors (Lipinski definition) is 1. The molecule has 0 atom stereocenters. The van der Waals surface area contributed by atoms with Gasteiger partial charge in [-0.05, 0) is 0 Å². The molecule has 1 N–H and O–H groups in total. The summed E-state index contributed by atoms with van der Waals surface area (Å²) >= 11 is 0. The van der Waals surface area contributed by atoms with E-state index < -0.39 is 8.69 Å². The van der Waals surface area contributed by atoms with Gasteiger partial charge in [0.05, 0.1) is 0 Å². The molecule has 4 heteroatoms. The molecule has 0 unspecified atom stereocenters. The minimum Gasteiger partial charge on any atom is -0.310 e. The molecule has 0 amide bonds. The summed E-state index contributed by atoms with van der Waals surface area (Å²) in [6.45, 7) is 0. The monoisotopic (exact) mass is 244 g/mol. The van der Waals surface area contributed by atoms with Crippen LogP contribution in [0.3, 0.4) is 0 Å². The molecule has 0 aromatic heterocycles. The molecule has 0 aromatic rings. The Morgan fingerprint density at radius 3 is 1.75 bits per heavy atom. The average molecular weight is 242 g/mol. The van der Waals surface area contributed by atoms with Crippen LogP contribution < -0.4 is 0 Å². The van der Waals surface area contributed by atoms with E-state index in [4.69, 9.17) is 9.46 Å². The summed E-state index contributed by atoms with van der Waals surface area (Å²) in [6, 6.07) is 0. The van der Waals surface area contributed by atoms with Crippen molar-refractivity contribution < 1.29 is 35.3 Å². The third kappa shape index (κ3) is 12.6. The molecule has 22 valence electrons. The Balaban J connectivity index is 0. The van der Waals surface area contributed by atoms with Gasteiger partial charge in [-0.3, -0.25) is 0 Å². The summed E-state index contributed by atoms with van der Waals surface area (Å²) in [7, 11) is -0.833. The smallest absolute Gasteiger partial charge is 0.310 e. The first-order valence-corrected chi connectivity index (χ1v) is 1.15. The molecular formula is HHfO2P. The van der Waals surface area contributed by atoms with E-state index in [1.165, 1.54) is 0 Å². The van der Waals surface area contributed by atoms with Gasteiger partial charge in [0.15, 0.2) is 0 Å². The van der Waals surface area contributed by atoms with Crippen LogP contribution in [0, 0.1) is 0 Å². The van der Waals surface area contributed by atoms with Crippen molar-refractivity contribution in [3.05, 3.63) is 0 Å². The summed E-state index contributed by atoms with van der Waals surface area (Å²) in [4.78, 5) is 6.99. The van der Waals surface area contributed by atoms with E-state index in [0.29, 0.717) is 0 Å². The minimum atomic E-state index is -0.833. The van der Waals surface area contributed by atoms with E-state index in [0.717, 1.165) is 0 Å². The Labute approximate surface area is 44.3 Å². The second-order valence-electron chi connectivity index (χ2n) is 0.0816. The second-order valence-corrected chi connectivity index (χ2v) is 0.245. The molecule has 0 aliphatic heterocycles. The first kappa shape index (κ1) is 8.87. The molecular weight excluding hydrogens is 241 g/mol. The van der Waals surface area contributed by atoms with Crippen molar-refractivity contribution in [2.24, 2.45) is 0 Å². The molecule has 0 saturated heterocycles. The molecule has 0 spiro atoms. The molecule has 0 rings (SSSR count). The van der Waals surface area contributed by atoms with Gasteiger partial charge in [0.1, 0.15) is 0 Å². The van der Waals surface area contributed by atoms with Gasteiger partial charge in [0.2, 0.25) is 0 Å². The molecule has 0 heterocycles. The molecule has 0 aliphatic rings. The fraction of sp³-hybridized carbons (Fsp3) is 0. The Kier molecular flexibility index (Phi) is 20.1. The zero-order chi connectivity index (χ0) is 2.71. The van der Waals surface area contributed by atoms with Crippen molar-refractivity contribution in [1.82, 2.24) is 0 Å². The van der Waals surface area contributed by atoms with Gasteiger partial charge in [-0.1, -0.05) is 0 Å². The van der Waals surface area contributed by atoms with Crippen molar-refractivity contribution in [1.29, 1.82) is 0 Å². The first-order chi connectivity index (χ1) is 1.41. The maximum Gasteiger partial charge on any atom is 0.324 e. The quantitative estimate of drug-likeness (QED) is 0.486. The molecule has 0 bridgehead atoms. The predicted molar refractivity (Wildman–Crippen MR) is 9.83 cm³/mol. The minimum absolute atomic E-state index is 0. The molecule has 0 aliphatic carbocycles. The number of rotatable bonds is 0. The third-order valence-corrected chi connectivity index (χ3v) is 0. The van der Waals surface area contributed by atoms with Gasteiger partial charge in [-0.15, -0.1) is 0 Å². The van der Waals surface area contributed by atoms with Crippen molar-refractivity contribution in [3.63, 3.8) is 0 Å². The number of hydrogen-bond donors (Lipinski definition) is 1. The van der Waals surface area contributed by atoms with E-state index in [9.17, 15) is 0 Å². The Morgan fingerprint density at radius 2 is 1.75 bits per heavy atom. The topological polar surface area (TPSA) is 37.3 Å². The van der Waals surface area contributed by atoms with Gasteiger partial charge in [0, 0.05) is 25.8 Å². The van der Waals surface area contributed by atoms with Crippen LogP contribution in [-0.4, -0.2) is 4.89 Å². The van der Waals surface area contributed by atoms with E-state index >= 15 is 0 Å². The summed E-state index contributed by atoms with van der Waals surface area (Å²) in [5, 5.41) is 0. The van der Waals surface area contributed by atoms with Crippen LogP contribution in [0.15, 0.2) is 0 Å². The van der Waals surface area contributed by atoms with Crippen LogP contribution in [0.5, 0.6) is 0 Å². The van der Waals surface area contributed by atoms with Crippen molar-refractivity contribution in [2.45, 2.75) is 0 Å². The van der Waals surface area contributed by atoms with Gasteiger partial charge in [0.25, 0.3) is 0 Å². The van der Waals surface area contributed by atoms with Gasteiger partial charge < -0.3 is 4.89 Å². The maximum absolute atomic E-state index is 8.46. The fourth-order valence-corrected chi connectivity index (χ4v) is 0. The first-order valence-electron chi connectivity index (χ1n) is 0.383. The largest absolute Gasteiger partial charge is 0.324 e. The van der Waals surface area contributed by atoms with E-state index in [-0.39, 0.29) is 25.8 Å². The van der Waals surface area contributed by atoms with E-state index in [2.05, 4.69) is 0 Å². The van der Waals surface area contributed by atoms with Crippen LogP contribution >= 0.6 is 8.69 Å². The Bertz CT molecular complexity index is 13.5. The van der Waals surface area contributed by atoms with Crippen LogP contribution in [0.4, 0.5) is 0 Å². The molecule has 0 fully saturated rings. The molecule has 2 nitrogen and oxygen atoms in total. The average Bonchev–Trinajstić information content (AvgIpc) is 0.918. The van der Waals surface area contributed by atoms with Crippen LogP contribution in [0.2, 0.25) is 0 Å². The van der Waals surface area contributed by atoms with Crippen molar-refractivity contribution in [2.75, 3.05) is 0 Å². The Hall–Kier alpha value is 0.930. The molecule has 4 heavy (non-hydrogen) atoms. The van der Waals surface area contributed by atoms with E-state index in [1.807, 2.05) is 0 Å². The summed E-state index contributed by atoms with van der Waals surface area (Å²) < 4.78 is 8.46. The van der Waals surface area contributed by atoms with Gasteiger partial charge in [-0.2, -0.15) is 0 Å². The zero-order valence-electron chi connectivity index (χ0n) is 1.80. The van der Waals surface area contributed by atoms with Crippen molar-refractivity contribution >= 4 is 8.69 Å². The van der Waals surface area contributed by atoms with Crippen LogP contribution in [0.25, 0.3) is 0 Å². The predicted octanol–water partition coefficient (Wildman–Crippen LogP) is 0.183. The van der Waals surface area contributed by atoms with Crippen LogP contribution in [-0.2, 0) is 30.4 Å². The zero-order valence-corrected chi connectivity index (χ0v) is 6.29. The summed E-state index contributed by atoms with van der Waals surface area (Å²) in [6.07, 6.45) is 0. The fourth-order valence-electron chi connectivity index (χ4n) is 0. The molecule has 0 radical (unpaired) electrons. The maximum atomic E-state index is 8.46. The standard InChI is InChI=1S/Hf.HO2P/c;1-3-2/h;(H,1,2). The molecule has 0 saturated carbocycles. The normalized spacial score (nSPS) is 5.25. The van der Waals surface area contributed by atoms with E-state index in [1.54, 1.807) is 0 Å². The van der Waals surface area contributed by atoms with Crippen LogP contribution in [0.1, 0.15) is 0 Å².